The number of unbranched alkanes of at least 4 members (excludes halogenated alkanes) is 1. The predicted molar refractivity (Wildman–Crippen MR) is 191 cm³/mol. The molecule has 0 N–H and O–H groups in total. The van der Waals surface area contributed by atoms with E-state index in [1.807, 2.05) is 11.8 Å². The van der Waals surface area contributed by atoms with Gasteiger partial charge in [-0.1, -0.05) is 110 Å². The van der Waals surface area contributed by atoms with E-state index in [1.54, 1.807) is 0 Å². The Bertz CT molecular complexity index is 1930. The van der Waals surface area contributed by atoms with Gasteiger partial charge in [-0.2, -0.15) is 0 Å². The summed E-state index contributed by atoms with van der Waals surface area (Å²) in [6, 6.07) is 50.5. The Morgan fingerprint density at radius 2 is 1.18 bits per heavy atom. The molecule has 0 amide bonds. The van der Waals surface area contributed by atoms with E-state index in [4.69, 9.17) is 9.97 Å². The molecular weight excluding hydrogens is 700 g/mol. The molecule has 224 valence electrons. The van der Waals surface area contributed by atoms with Gasteiger partial charge in [0.1, 0.15) is 26.8 Å². The van der Waals surface area contributed by atoms with Crippen molar-refractivity contribution in [1.29, 1.82) is 0 Å². The third-order valence-corrected chi connectivity index (χ3v) is 13.7. The second-order valence-electron chi connectivity index (χ2n) is 11.1. The summed E-state index contributed by atoms with van der Waals surface area (Å²) < 4.78 is 2.32. The van der Waals surface area contributed by atoms with Gasteiger partial charge in [0.2, 0.25) is 0 Å². The number of rotatable bonds is 9. The van der Waals surface area contributed by atoms with Gasteiger partial charge >= 0.3 is 0 Å². The SMILES string of the molecule is CCCCSc1nc(-c2ccc(C)cc2)n2c(nc3ccccc32)c1[P+](c1ccccc1)(c1ccccc1)c1ccccc1.[I-]. The van der Waals surface area contributed by atoms with Gasteiger partial charge in [-0.15, -0.1) is 11.8 Å². The van der Waals surface area contributed by atoms with Crippen LogP contribution in [0.15, 0.2) is 145 Å². The maximum absolute atomic E-state index is 5.65. The highest BCUT2D eigenvalue weighted by atomic mass is 127. The largest absolute Gasteiger partial charge is 1.00 e. The van der Waals surface area contributed by atoms with E-state index in [1.165, 1.54) is 26.8 Å². The van der Waals surface area contributed by atoms with Crippen LogP contribution in [-0.2, 0) is 0 Å². The standard InChI is InChI=1S/C39H35N3PS.HI/c1-3-4-28-44-39-36(38-40-34-22-14-15-23-35(34)42(38)37(41-39)30-26-24-29(2)25-27-30)43(31-16-8-5-9-17-31,32-18-10-6-11-19-32)33-20-12-7-13-21-33;/h5-27H,3-4,28H2,1-2H3;1H/q+1;/p-1. The second-order valence-corrected chi connectivity index (χ2v) is 15.5. The monoisotopic (exact) mass is 735 g/mol. The first-order chi connectivity index (χ1) is 21.7. The van der Waals surface area contributed by atoms with Crippen LogP contribution in [-0.4, -0.2) is 20.1 Å². The highest BCUT2D eigenvalue weighted by molar-refractivity contribution is 8.04. The molecule has 0 aliphatic rings. The topological polar surface area (TPSA) is 30.2 Å². The molecule has 0 radical (unpaired) electrons. The van der Waals surface area contributed by atoms with Crippen LogP contribution in [0.5, 0.6) is 0 Å². The summed E-state index contributed by atoms with van der Waals surface area (Å²) in [6.07, 6.45) is 2.26. The molecular formula is C39H35IN3PS. The van der Waals surface area contributed by atoms with Crippen molar-refractivity contribution in [3.8, 4) is 11.4 Å². The Morgan fingerprint density at radius 3 is 1.73 bits per heavy atom. The van der Waals surface area contributed by atoms with Gasteiger partial charge in [-0.3, -0.25) is 4.40 Å². The second kappa shape index (κ2) is 13.9. The first kappa shape index (κ1) is 31.5. The number of fused-ring (bicyclic) bond motifs is 3. The fourth-order valence-corrected chi connectivity index (χ4v) is 12.0. The number of hydrogen-bond acceptors (Lipinski definition) is 3. The van der Waals surface area contributed by atoms with Crippen LogP contribution < -0.4 is 45.2 Å². The minimum absolute atomic E-state index is 0. The van der Waals surface area contributed by atoms with Crippen molar-refractivity contribution in [2.75, 3.05) is 5.75 Å². The number of nitrogens with zero attached hydrogens (tertiary/aromatic N) is 3. The van der Waals surface area contributed by atoms with Crippen LogP contribution in [0.2, 0.25) is 0 Å². The van der Waals surface area contributed by atoms with E-state index in [9.17, 15) is 0 Å². The number of hydrogen-bond donors (Lipinski definition) is 0. The average Bonchev–Trinajstić information content (AvgIpc) is 3.47. The average molecular weight is 736 g/mol. The minimum Gasteiger partial charge on any atom is -1.00 e. The van der Waals surface area contributed by atoms with Crippen LogP contribution in [0.3, 0.4) is 0 Å². The van der Waals surface area contributed by atoms with Crippen molar-refractivity contribution in [3.63, 3.8) is 0 Å². The summed E-state index contributed by atoms with van der Waals surface area (Å²) in [5, 5.41) is 6.20. The summed E-state index contributed by atoms with van der Waals surface area (Å²) in [7, 11) is -2.48. The molecule has 0 aliphatic carbocycles. The molecule has 45 heavy (non-hydrogen) atoms. The van der Waals surface area contributed by atoms with Crippen LogP contribution in [0.25, 0.3) is 28.1 Å². The van der Waals surface area contributed by atoms with E-state index in [0.717, 1.165) is 51.7 Å². The van der Waals surface area contributed by atoms with Crippen LogP contribution in [0.1, 0.15) is 25.3 Å². The number of imidazole rings is 1. The predicted octanol–water partition coefficient (Wildman–Crippen LogP) is 5.37. The molecule has 6 heteroatoms. The fraction of sp³-hybridized carbons (Fsp3) is 0.128. The van der Waals surface area contributed by atoms with E-state index in [2.05, 4.69) is 158 Å². The molecule has 0 aliphatic heterocycles. The normalized spacial score (nSPS) is 11.5. The van der Waals surface area contributed by atoms with Crippen LogP contribution >= 0.6 is 19.0 Å². The van der Waals surface area contributed by atoms with E-state index in [-0.39, 0.29) is 24.0 Å². The number of benzene rings is 5. The van der Waals surface area contributed by atoms with Gasteiger partial charge in [-0.25, -0.2) is 9.97 Å². The van der Waals surface area contributed by atoms with Gasteiger partial charge in [0.25, 0.3) is 0 Å². The van der Waals surface area contributed by atoms with Crippen molar-refractivity contribution in [2.45, 2.75) is 31.7 Å². The minimum atomic E-state index is -2.48. The first-order valence-corrected chi connectivity index (χ1v) is 18.1. The summed E-state index contributed by atoms with van der Waals surface area (Å²) in [5.74, 6) is 1.93. The lowest BCUT2D eigenvalue weighted by Gasteiger charge is -2.29. The van der Waals surface area contributed by atoms with Crippen molar-refractivity contribution in [2.24, 2.45) is 0 Å². The van der Waals surface area contributed by atoms with Gasteiger partial charge < -0.3 is 24.0 Å². The number of aromatic nitrogens is 3. The quantitative estimate of drug-likeness (QED) is 0.0657. The number of para-hydroxylation sites is 2. The Balaban J connectivity index is 0.00000357. The summed E-state index contributed by atoms with van der Waals surface area (Å²) in [4.78, 5) is 11.1. The highest BCUT2D eigenvalue weighted by Crippen LogP contribution is 2.57. The fourth-order valence-electron chi connectivity index (χ4n) is 6.09. The summed E-state index contributed by atoms with van der Waals surface area (Å²) in [6.45, 7) is 4.39. The molecule has 0 saturated heterocycles. The maximum atomic E-state index is 5.65. The van der Waals surface area contributed by atoms with Gasteiger partial charge in [0.15, 0.2) is 18.2 Å². The molecule has 0 atom stereocenters. The van der Waals surface area contributed by atoms with Gasteiger partial charge in [0, 0.05) is 5.56 Å². The van der Waals surface area contributed by atoms with Crippen LogP contribution in [0, 0.1) is 6.92 Å². The molecule has 3 nitrogen and oxygen atoms in total. The van der Waals surface area contributed by atoms with Crippen molar-refractivity contribution in [1.82, 2.24) is 14.4 Å². The van der Waals surface area contributed by atoms with E-state index < -0.39 is 7.26 Å². The molecule has 2 aromatic heterocycles. The van der Waals surface area contributed by atoms with Crippen LogP contribution in [0.4, 0.5) is 0 Å². The lowest BCUT2D eigenvalue weighted by Crippen LogP contribution is -3.00. The Hall–Kier alpha value is -3.51. The Labute approximate surface area is 287 Å². The number of thioether (sulfide) groups is 1. The smallest absolute Gasteiger partial charge is 0.186 e. The number of halogens is 1. The van der Waals surface area contributed by atoms with Gasteiger partial charge in [-0.05, 0) is 67.6 Å². The van der Waals surface area contributed by atoms with Crippen molar-refractivity contribution in [3.05, 3.63) is 145 Å². The zero-order valence-electron chi connectivity index (χ0n) is 25.5. The molecule has 0 saturated carbocycles. The number of aryl methyl sites for hydroxylation is 1. The maximum Gasteiger partial charge on any atom is 0.186 e. The molecule has 2 heterocycles. The third-order valence-electron chi connectivity index (χ3n) is 8.21. The molecule has 5 aromatic carbocycles. The first-order valence-electron chi connectivity index (χ1n) is 15.3. The van der Waals surface area contributed by atoms with E-state index in [0.29, 0.717) is 0 Å². The summed E-state index contributed by atoms with van der Waals surface area (Å²) in [5.41, 5.74) is 5.37. The molecule has 0 fully saturated rings. The lowest BCUT2D eigenvalue weighted by molar-refractivity contribution is -0.00000869. The zero-order chi connectivity index (χ0) is 29.9. The molecule has 0 spiro atoms. The third kappa shape index (κ3) is 5.71. The Morgan fingerprint density at radius 1 is 0.644 bits per heavy atom. The molecule has 0 unspecified atom stereocenters. The lowest BCUT2D eigenvalue weighted by atomic mass is 10.1. The van der Waals surface area contributed by atoms with Crippen molar-refractivity contribution >= 4 is 56.9 Å². The zero-order valence-corrected chi connectivity index (χ0v) is 29.3. The molecule has 7 aromatic rings. The molecule has 0 bridgehead atoms. The van der Waals surface area contributed by atoms with Crippen molar-refractivity contribution < 1.29 is 24.0 Å². The van der Waals surface area contributed by atoms with Gasteiger partial charge in [0.05, 0.1) is 11.0 Å². The molecule has 7 rings (SSSR count). The highest BCUT2D eigenvalue weighted by Gasteiger charge is 2.52. The van der Waals surface area contributed by atoms with E-state index >= 15 is 0 Å². The summed E-state index contributed by atoms with van der Waals surface area (Å²) >= 11 is 1.88. The Kier molecular flexibility index (Phi) is 9.70.